The Hall–Kier alpha value is -3.36. The Morgan fingerprint density at radius 2 is 1.97 bits per heavy atom. The van der Waals surface area contributed by atoms with Crippen LogP contribution in [0.3, 0.4) is 0 Å². The van der Waals surface area contributed by atoms with Crippen LogP contribution in [0.2, 0.25) is 0 Å². The summed E-state index contributed by atoms with van der Waals surface area (Å²) >= 11 is 0. The van der Waals surface area contributed by atoms with Crippen molar-refractivity contribution in [3.05, 3.63) is 36.2 Å². The molecule has 1 aliphatic rings. The Kier molecular flexibility index (Phi) is 6.67. The Labute approximate surface area is 192 Å². The minimum absolute atomic E-state index is 0.00126. The van der Waals surface area contributed by atoms with Crippen LogP contribution in [0.15, 0.2) is 30.5 Å². The predicted octanol–water partition coefficient (Wildman–Crippen LogP) is 4.37. The maximum Gasteiger partial charge on any atom is 0.185 e. The number of aryl methyl sites for hydroxylation is 1. The number of aromatic nitrogens is 5. The number of methoxy groups -OCH3 is 1. The van der Waals surface area contributed by atoms with Crippen molar-refractivity contribution in [3.63, 3.8) is 0 Å². The molecule has 0 spiro atoms. The third kappa shape index (κ3) is 4.58. The van der Waals surface area contributed by atoms with Crippen molar-refractivity contribution in [1.82, 2.24) is 25.4 Å². The second kappa shape index (κ2) is 9.64. The fraction of sp³-hybridized carbons (Fsp3) is 0.458. The maximum atomic E-state index is 14.9. The minimum Gasteiger partial charge on any atom is -0.507 e. The molecule has 1 aliphatic carbocycles. The number of phenols is 1. The molecule has 3 aromatic rings. The molecule has 2 heterocycles. The first-order valence-corrected chi connectivity index (χ1v) is 11.2. The number of anilines is 1. The van der Waals surface area contributed by atoms with Crippen LogP contribution in [0.1, 0.15) is 38.3 Å². The normalized spacial score (nSPS) is 20.5. The topological polar surface area (TPSA) is 97.2 Å². The van der Waals surface area contributed by atoms with Gasteiger partial charge in [0.25, 0.3) is 0 Å². The molecule has 9 heteroatoms. The molecule has 0 bridgehead atoms. The van der Waals surface area contributed by atoms with Gasteiger partial charge in [0.05, 0.1) is 30.6 Å². The highest BCUT2D eigenvalue weighted by Gasteiger charge is 2.35. The third-order valence-corrected chi connectivity index (χ3v) is 6.51. The highest BCUT2D eigenvalue weighted by Crippen LogP contribution is 2.35. The van der Waals surface area contributed by atoms with E-state index in [0.717, 1.165) is 25.7 Å². The number of halogens is 1. The first-order valence-electron chi connectivity index (χ1n) is 11.2. The van der Waals surface area contributed by atoms with Gasteiger partial charge in [-0.1, -0.05) is 25.8 Å². The monoisotopic (exact) mass is 452 g/mol. The van der Waals surface area contributed by atoms with Crippen LogP contribution >= 0.6 is 0 Å². The summed E-state index contributed by atoms with van der Waals surface area (Å²) in [5, 5.41) is 27.3. The molecule has 0 amide bonds. The molecule has 1 fully saturated rings. The molecule has 174 valence electrons. The summed E-state index contributed by atoms with van der Waals surface area (Å²) in [6.07, 6.45) is 4.24. The van der Waals surface area contributed by atoms with Gasteiger partial charge in [-0.15, -0.1) is 15.3 Å². The molecule has 1 N–H and O–H groups in total. The van der Waals surface area contributed by atoms with Crippen LogP contribution in [0.5, 0.6) is 11.5 Å². The predicted molar refractivity (Wildman–Crippen MR) is 124 cm³/mol. The summed E-state index contributed by atoms with van der Waals surface area (Å²) in [4.78, 5) is 6.22. The van der Waals surface area contributed by atoms with Crippen LogP contribution in [0, 0.1) is 12.8 Å². The van der Waals surface area contributed by atoms with Gasteiger partial charge in [-0.05, 0) is 37.8 Å². The molecule has 8 nitrogen and oxygen atoms in total. The highest BCUT2D eigenvalue weighted by molar-refractivity contribution is 5.71. The van der Waals surface area contributed by atoms with Gasteiger partial charge in [-0.3, -0.25) is 0 Å². The fourth-order valence-electron chi connectivity index (χ4n) is 4.45. The van der Waals surface area contributed by atoms with E-state index < -0.39 is 6.17 Å². The van der Waals surface area contributed by atoms with Crippen molar-refractivity contribution in [2.24, 2.45) is 5.92 Å². The maximum absolute atomic E-state index is 14.9. The van der Waals surface area contributed by atoms with E-state index in [1.54, 1.807) is 37.6 Å². The summed E-state index contributed by atoms with van der Waals surface area (Å²) in [6.45, 7) is 3.85. The van der Waals surface area contributed by atoms with E-state index in [1.165, 1.54) is 0 Å². The molecule has 1 saturated carbocycles. The Morgan fingerprint density at radius 3 is 2.64 bits per heavy atom. The first kappa shape index (κ1) is 22.8. The lowest BCUT2D eigenvalue weighted by Crippen LogP contribution is -2.45. The zero-order chi connectivity index (χ0) is 23.5. The van der Waals surface area contributed by atoms with Crippen molar-refractivity contribution in [2.75, 3.05) is 19.1 Å². The van der Waals surface area contributed by atoms with Crippen molar-refractivity contribution in [3.8, 4) is 34.1 Å². The Bertz CT molecular complexity index is 1110. The number of hydrogen-bond acceptors (Lipinski definition) is 8. The number of alkyl halides is 1. The molecular weight excluding hydrogens is 423 g/mol. The zero-order valence-electron chi connectivity index (χ0n) is 19.4. The quantitative estimate of drug-likeness (QED) is 0.589. The van der Waals surface area contributed by atoms with Crippen molar-refractivity contribution in [1.29, 1.82) is 0 Å². The standard InChI is InChI=1S/C24H29FN6O2/c1-5-15-7-6-8-19(23(15)25)31(3)22-13-26-24(30-29-22)17-10-9-16(11-20(17)32)18-12-21(33-4)14(2)27-28-18/h9-13,15,19,23,32H,5-8H2,1-4H3/t15-,19+,23-/m1/s1. The number of benzene rings is 1. The average molecular weight is 453 g/mol. The smallest absolute Gasteiger partial charge is 0.185 e. The number of hydrogen-bond donors (Lipinski definition) is 1. The van der Waals surface area contributed by atoms with E-state index in [-0.39, 0.29) is 23.5 Å². The minimum atomic E-state index is -0.893. The van der Waals surface area contributed by atoms with Gasteiger partial charge in [0.15, 0.2) is 11.6 Å². The van der Waals surface area contributed by atoms with Crippen molar-refractivity contribution >= 4 is 5.82 Å². The Morgan fingerprint density at radius 1 is 1.15 bits per heavy atom. The molecular formula is C24H29FN6O2. The number of nitrogens with zero attached hydrogens (tertiary/aromatic N) is 6. The summed E-state index contributed by atoms with van der Waals surface area (Å²) < 4.78 is 20.2. The van der Waals surface area contributed by atoms with E-state index in [2.05, 4.69) is 25.4 Å². The van der Waals surface area contributed by atoms with Gasteiger partial charge >= 0.3 is 0 Å². The highest BCUT2D eigenvalue weighted by atomic mass is 19.1. The number of phenolic OH excluding ortho intramolecular Hbond substituents is 1. The fourth-order valence-corrected chi connectivity index (χ4v) is 4.45. The summed E-state index contributed by atoms with van der Waals surface area (Å²) in [7, 11) is 3.41. The van der Waals surface area contributed by atoms with Crippen LogP contribution < -0.4 is 9.64 Å². The molecule has 0 aliphatic heterocycles. The van der Waals surface area contributed by atoms with Crippen molar-refractivity contribution in [2.45, 2.75) is 51.7 Å². The van der Waals surface area contributed by atoms with Gasteiger partial charge in [-0.25, -0.2) is 9.37 Å². The molecule has 4 rings (SSSR count). The van der Waals surface area contributed by atoms with E-state index in [1.807, 2.05) is 25.8 Å². The van der Waals surface area contributed by atoms with Crippen LogP contribution in [0.4, 0.5) is 10.2 Å². The van der Waals surface area contributed by atoms with Gasteiger partial charge in [0, 0.05) is 18.7 Å². The number of ether oxygens (including phenoxy) is 1. The second-order valence-corrected chi connectivity index (χ2v) is 8.48. The lowest BCUT2D eigenvalue weighted by molar-refractivity contribution is 0.134. The molecule has 0 saturated heterocycles. The molecule has 3 atom stereocenters. The lowest BCUT2D eigenvalue weighted by Gasteiger charge is -2.38. The molecule has 33 heavy (non-hydrogen) atoms. The number of aromatic hydroxyl groups is 1. The average Bonchev–Trinajstić information content (AvgIpc) is 2.84. The summed E-state index contributed by atoms with van der Waals surface area (Å²) in [5.74, 6) is 1.50. The molecule has 2 aromatic heterocycles. The van der Waals surface area contributed by atoms with Gasteiger partial charge in [0.2, 0.25) is 0 Å². The van der Waals surface area contributed by atoms with E-state index in [9.17, 15) is 9.50 Å². The SMILES string of the molecule is CC[C@@H]1CCC[C@H](N(C)c2cnc(-c3ccc(-c4cc(OC)c(C)nn4)cc3O)nn2)[C@@H]1F. The van der Waals surface area contributed by atoms with E-state index in [0.29, 0.717) is 34.1 Å². The van der Waals surface area contributed by atoms with Crippen LogP contribution in [-0.4, -0.2) is 56.9 Å². The largest absolute Gasteiger partial charge is 0.507 e. The lowest BCUT2D eigenvalue weighted by atomic mass is 9.82. The third-order valence-electron chi connectivity index (χ3n) is 6.51. The van der Waals surface area contributed by atoms with Gasteiger partial charge < -0.3 is 14.7 Å². The number of rotatable bonds is 6. The summed E-state index contributed by atoms with van der Waals surface area (Å²) in [6, 6.07) is 6.64. The van der Waals surface area contributed by atoms with Crippen LogP contribution in [-0.2, 0) is 0 Å². The zero-order valence-corrected chi connectivity index (χ0v) is 19.4. The van der Waals surface area contributed by atoms with Gasteiger partial charge in [0.1, 0.15) is 23.4 Å². The second-order valence-electron chi connectivity index (χ2n) is 8.48. The van der Waals surface area contributed by atoms with Gasteiger partial charge in [-0.2, -0.15) is 5.10 Å². The first-order chi connectivity index (χ1) is 15.9. The van der Waals surface area contributed by atoms with E-state index in [4.69, 9.17) is 4.74 Å². The Balaban J connectivity index is 1.54. The van der Waals surface area contributed by atoms with Crippen LogP contribution in [0.25, 0.3) is 22.6 Å². The molecule has 0 radical (unpaired) electrons. The molecule has 0 unspecified atom stereocenters. The van der Waals surface area contributed by atoms with E-state index >= 15 is 0 Å². The summed E-state index contributed by atoms with van der Waals surface area (Å²) in [5.41, 5.74) is 2.39. The van der Waals surface area contributed by atoms with Crippen molar-refractivity contribution < 1.29 is 14.2 Å². The molecule has 1 aromatic carbocycles.